The van der Waals surface area contributed by atoms with Crippen LogP contribution in [0, 0.1) is 11.8 Å². The minimum absolute atomic E-state index is 0.113. The molecule has 2 fully saturated rings. The molecule has 0 saturated carbocycles. The highest BCUT2D eigenvalue weighted by Gasteiger charge is 2.68. The number of amides is 2. The lowest BCUT2D eigenvalue weighted by Gasteiger charge is -2.28. The summed E-state index contributed by atoms with van der Waals surface area (Å²) in [6, 6.07) is 4.58. The van der Waals surface area contributed by atoms with Gasteiger partial charge in [0.05, 0.1) is 28.6 Å². The van der Waals surface area contributed by atoms with Gasteiger partial charge in [-0.15, -0.1) is 0 Å². The fourth-order valence-corrected chi connectivity index (χ4v) is 4.28. The Morgan fingerprint density at radius 1 is 1.32 bits per heavy atom. The van der Waals surface area contributed by atoms with E-state index in [1.165, 1.54) is 19.1 Å². The molecule has 3 heterocycles. The Hall–Kier alpha value is -1.89. The van der Waals surface area contributed by atoms with Gasteiger partial charge in [0.25, 0.3) is 0 Å². The summed E-state index contributed by atoms with van der Waals surface area (Å²) in [6.07, 6.45) is 2.93. The molecular weight excluding hydrogens is 369 g/mol. The van der Waals surface area contributed by atoms with E-state index in [1.807, 2.05) is 0 Å². The number of anilines is 1. The molecule has 8 heteroatoms. The lowest BCUT2D eigenvalue weighted by atomic mass is 9.77. The van der Waals surface area contributed by atoms with Crippen molar-refractivity contribution in [1.82, 2.24) is 0 Å². The van der Waals surface area contributed by atoms with Crippen molar-refractivity contribution in [2.45, 2.75) is 18.6 Å². The maximum atomic E-state index is 13.0. The van der Waals surface area contributed by atoms with Crippen molar-refractivity contribution in [2.24, 2.45) is 11.8 Å². The second-order valence-electron chi connectivity index (χ2n) is 6.29. The Kier molecular flexibility index (Phi) is 3.68. The number of esters is 1. The zero-order chi connectivity index (χ0) is 17.9. The number of imide groups is 1. The van der Waals surface area contributed by atoms with Crippen LogP contribution in [0.5, 0.6) is 0 Å². The fourth-order valence-electron chi connectivity index (χ4n) is 3.78. The largest absolute Gasteiger partial charge is 0.462 e. The normalized spacial score (nSPS) is 32.4. The molecule has 0 spiro atoms. The van der Waals surface area contributed by atoms with Gasteiger partial charge in [-0.25, -0.2) is 4.90 Å². The smallest absolute Gasteiger partial charge is 0.302 e. The fraction of sp³-hybridized carbons (Fsp3) is 0.353. The highest BCUT2D eigenvalue weighted by Crippen LogP contribution is 2.53. The average Bonchev–Trinajstić information content (AvgIpc) is 3.18. The second-order valence-corrected chi connectivity index (χ2v) is 7.13. The number of carbonyl (C=O) groups excluding carboxylic acids is 3. The number of hydrogen-bond donors (Lipinski definition) is 0. The second kappa shape index (κ2) is 5.56. The van der Waals surface area contributed by atoms with Crippen molar-refractivity contribution < 1.29 is 23.9 Å². The van der Waals surface area contributed by atoms with Crippen LogP contribution in [-0.2, 0) is 23.9 Å². The standard InChI is InChI=1S/C17H13Cl2NO5/c1-8(21)24-7-17-5-4-12(25-17)13-14(17)16(23)20(15(13)22)11-3-2-9(18)6-10(11)19/h2-6,12-14H,7H2,1H3/t12-,13+,14-,17-/m1/s1. The molecule has 1 aromatic rings. The van der Waals surface area contributed by atoms with E-state index in [0.29, 0.717) is 5.02 Å². The SMILES string of the molecule is CC(=O)OC[C@@]12C=C[C@@H](O1)[C@@H]1C(=O)N(c3ccc(Cl)cc3Cl)C(=O)[C@@H]12. The number of benzene rings is 1. The van der Waals surface area contributed by atoms with Crippen LogP contribution in [0.3, 0.4) is 0 Å². The molecule has 3 aliphatic heterocycles. The summed E-state index contributed by atoms with van der Waals surface area (Å²) in [4.78, 5) is 38.2. The number of halogens is 2. The summed E-state index contributed by atoms with van der Waals surface area (Å²) in [6.45, 7) is 1.17. The molecule has 1 aromatic carbocycles. The van der Waals surface area contributed by atoms with Crippen LogP contribution in [0.4, 0.5) is 5.69 Å². The maximum absolute atomic E-state index is 13.0. The zero-order valence-corrected chi connectivity index (χ0v) is 14.6. The molecule has 2 amide bonds. The first-order valence-electron chi connectivity index (χ1n) is 7.67. The molecule has 0 N–H and O–H groups in total. The molecule has 130 valence electrons. The number of fused-ring (bicyclic) bond motifs is 5. The Bertz CT molecular complexity index is 838. The van der Waals surface area contributed by atoms with Gasteiger partial charge in [-0.2, -0.15) is 0 Å². The lowest BCUT2D eigenvalue weighted by Crippen LogP contribution is -2.44. The molecule has 0 aromatic heterocycles. The highest BCUT2D eigenvalue weighted by molar-refractivity contribution is 6.38. The average molecular weight is 382 g/mol. The third-order valence-electron chi connectivity index (χ3n) is 4.81. The summed E-state index contributed by atoms with van der Waals surface area (Å²) in [5.74, 6) is -2.68. The van der Waals surface area contributed by atoms with Crippen LogP contribution in [-0.4, -0.2) is 36.1 Å². The molecular formula is C17H13Cl2NO5. The first-order chi connectivity index (χ1) is 11.8. The van der Waals surface area contributed by atoms with Crippen molar-refractivity contribution in [2.75, 3.05) is 11.5 Å². The molecule has 0 unspecified atom stereocenters. The predicted octanol–water partition coefficient (Wildman–Crippen LogP) is 2.37. The number of hydrogen-bond acceptors (Lipinski definition) is 5. The monoisotopic (exact) mass is 381 g/mol. The van der Waals surface area contributed by atoms with Crippen LogP contribution >= 0.6 is 23.2 Å². The summed E-state index contributed by atoms with van der Waals surface area (Å²) >= 11 is 12.1. The minimum Gasteiger partial charge on any atom is -0.462 e. The third-order valence-corrected chi connectivity index (χ3v) is 5.34. The van der Waals surface area contributed by atoms with Crippen molar-refractivity contribution >= 4 is 46.7 Å². The molecule has 6 nitrogen and oxygen atoms in total. The summed E-state index contributed by atoms with van der Waals surface area (Å²) in [5, 5.41) is 0.619. The van der Waals surface area contributed by atoms with Crippen molar-refractivity contribution in [1.29, 1.82) is 0 Å². The van der Waals surface area contributed by atoms with Gasteiger partial charge >= 0.3 is 5.97 Å². The zero-order valence-electron chi connectivity index (χ0n) is 13.1. The Morgan fingerprint density at radius 2 is 2.08 bits per heavy atom. The molecule has 25 heavy (non-hydrogen) atoms. The van der Waals surface area contributed by atoms with Gasteiger partial charge in [0, 0.05) is 11.9 Å². The van der Waals surface area contributed by atoms with E-state index in [1.54, 1.807) is 18.2 Å². The van der Waals surface area contributed by atoms with Gasteiger partial charge in [-0.05, 0) is 24.3 Å². The van der Waals surface area contributed by atoms with Crippen LogP contribution in [0.25, 0.3) is 0 Å². The van der Waals surface area contributed by atoms with E-state index < -0.39 is 35.4 Å². The Morgan fingerprint density at radius 3 is 2.76 bits per heavy atom. The third kappa shape index (κ3) is 2.32. The van der Waals surface area contributed by atoms with Crippen molar-refractivity contribution in [3.05, 3.63) is 40.4 Å². The highest BCUT2D eigenvalue weighted by atomic mass is 35.5. The van der Waals surface area contributed by atoms with E-state index in [9.17, 15) is 14.4 Å². The predicted molar refractivity (Wildman–Crippen MR) is 89.3 cm³/mol. The minimum atomic E-state index is -1.11. The van der Waals surface area contributed by atoms with Crippen molar-refractivity contribution in [3.8, 4) is 0 Å². The van der Waals surface area contributed by atoms with Crippen LogP contribution in [0.2, 0.25) is 10.0 Å². The number of nitrogens with zero attached hydrogens (tertiary/aromatic N) is 1. The summed E-state index contributed by atoms with van der Waals surface area (Å²) in [5.41, 5.74) is -0.820. The van der Waals surface area contributed by atoms with Crippen LogP contribution in [0.15, 0.2) is 30.4 Å². The molecule has 4 atom stereocenters. The van der Waals surface area contributed by atoms with E-state index in [2.05, 4.69) is 0 Å². The van der Waals surface area contributed by atoms with Crippen LogP contribution in [0.1, 0.15) is 6.92 Å². The maximum Gasteiger partial charge on any atom is 0.302 e. The first kappa shape index (κ1) is 16.6. The molecule has 2 bridgehead atoms. The van der Waals surface area contributed by atoms with E-state index in [0.717, 1.165) is 4.90 Å². The van der Waals surface area contributed by atoms with Gasteiger partial charge in [-0.3, -0.25) is 14.4 Å². The Labute approximate surface area is 153 Å². The number of rotatable bonds is 3. The summed E-state index contributed by atoms with van der Waals surface area (Å²) in [7, 11) is 0. The van der Waals surface area contributed by atoms with E-state index >= 15 is 0 Å². The van der Waals surface area contributed by atoms with Gasteiger partial charge in [0.15, 0.2) is 0 Å². The quantitative estimate of drug-likeness (QED) is 0.456. The lowest BCUT2D eigenvalue weighted by molar-refractivity contribution is -0.150. The molecule has 4 rings (SSSR count). The topological polar surface area (TPSA) is 72.9 Å². The van der Waals surface area contributed by atoms with Gasteiger partial charge in [0.2, 0.25) is 11.8 Å². The molecule has 3 aliphatic rings. The van der Waals surface area contributed by atoms with Gasteiger partial charge in [0.1, 0.15) is 12.2 Å². The van der Waals surface area contributed by atoms with Crippen molar-refractivity contribution in [3.63, 3.8) is 0 Å². The first-order valence-corrected chi connectivity index (χ1v) is 8.43. The van der Waals surface area contributed by atoms with Gasteiger partial charge < -0.3 is 9.47 Å². The molecule has 0 radical (unpaired) electrons. The molecule has 2 saturated heterocycles. The summed E-state index contributed by atoms with van der Waals surface area (Å²) < 4.78 is 10.9. The van der Waals surface area contributed by atoms with Gasteiger partial charge in [-0.1, -0.05) is 29.3 Å². The Balaban J connectivity index is 1.72. The number of carbonyl (C=O) groups is 3. The van der Waals surface area contributed by atoms with Crippen LogP contribution < -0.4 is 4.90 Å². The molecule has 0 aliphatic carbocycles. The van der Waals surface area contributed by atoms with E-state index in [4.69, 9.17) is 32.7 Å². The number of ether oxygens (including phenoxy) is 2. The van der Waals surface area contributed by atoms with E-state index in [-0.39, 0.29) is 23.2 Å².